The fourth-order valence-electron chi connectivity index (χ4n) is 5.57. The third kappa shape index (κ3) is 6.95. The molecule has 1 aliphatic carbocycles. The van der Waals surface area contributed by atoms with Crippen LogP contribution in [0.5, 0.6) is 0 Å². The Hall–Kier alpha value is -2.24. The molecule has 5 nitrogen and oxygen atoms in total. The quantitative estimate of drug-likeness (QED) is 0.537. The second kappa shape index (κ2) is 13.3. The van der Waals surface area contributed by atoms with E-state index in [1.54, 1.807) is 0 Å². The van der Waals surface area contributed by atoms with E-state index >= 15 is 0 Å². The summed E-state index contributed by atoms with van der Waals surface area (Å²) in [5.74, 6) is 0. The first kappa shape index (κ1) is 26.8. The first-order valence-electron chi connectivity index (χ1n) is 14.0. The smallest absolute Gasteiger partial charge is 0.317 e. The molecule has 0 atom stereocenters. The summed E-state index contributed by atoms with van der Waals surface area (Å²) in [6.45, 7) is 11.6. The Morgan fingerprint density at radius 2 is 1.64 bits per heavy atom. The molecule has 0 aromatic heterocycles. The highest BCUT2D eigenvalue weighted by Crippen LogP contribution is 2.30. The van der Waals surface area contributed by atoms with E-state index in [9.17, 15) is 4.79 Å². The van der Waals surface area contributed by atoms with Gasteiger partial charge in [0.05, 0.1) is 10.7 Å². The van der Waals surface area contributed by atoms with Crippen LogP contribution in [0.4, 0.5) is 10.5 Å². The molecule has 6 heteroatoms. The first-order chi connectivity index (χ1) is 17.6. The first-order valence-corrected chi connectivity index (χ1v) is 14.3. The summed E-state index contributed by atoms with van der Waals surface area (Å²) >= 11 is 6.46. The van der Waals surface area contributed by atoms with Crippen LogP contribution < -0.4 is 10.2 Å². The minimum atomic E-state index is 0.126. The number of likely N-dealkylation sites (N-methyl/N-ethyl adjacent to an activating group) is 1. The second-order valence-corrected chi connectivity index (χ2v) is 10.6. The van der Waals surface area contributed by atoms with Gasteiger partial charge in [-0.2, -0.15) is 0 Å². The van der Waals surface area contributed by atoms with Crippen LogP contribution >= 0.6 is 11.6 Å². The number of nitrogens with zero attached hydrogens (tertiary/aromatic N) is 3. The summed E-state index contributed by atoms with van der Waals surface area (Å²) in [5, 5.41) is 4.15. The summed E-state index contributed by atoms with van der Waals surface area (Å²) in [5.41, 5.74) is 5.15. The van der Waals surface area contributed by atoms with Gasteiger partial charge in [0.25, 0.3) is 0 Å². The van der Waals surface area contributed by atoms with Gasteiger partial charge in [0, 0.05) is 45.3 Å². The van der Waals surface area contributed by atoms with Gasteiger partial charge in [0.1, 0.15) is 0 Å². The van der Waals surface area contributed by atoms with E-state index in [0.717, 1.165) is 76.5 Å². The normalized spacial score (nSPS) is 18.8. The number of piperazine rings is 1. The number of aryl methyl sites for hydroxylation is 1. The maximum absolute atomic E-state index is 12.3. The van der Waals surface area contributed by atoms with Crippen LogP contribution in [-0.2, 0) is 19.4 Å². The average molecular weight is 511 g/mol. The Bertz CT molecular complexity index is 983. The molecule has 0 unspecified atom stereocenters. The Morgan fingerprint density at radius 1 is 0.917 bits per heavy atom. The third-order valence-electron chi connectivity index (χ3n) is 7.95. The van der Waals surface area contributed by atoms with E-state index in [0.29, 0.717) is 6.04 Å². The number of nitrogens with one attached hydrogen (secondary N) is 1. The molecule has 1 saturated heterocycles. The fraction of sp³-hybridized carbons (Fsp3) is 0.567. The molecule has 2 aliphatic heterocycles. The van der Waals surface area contributed by atoms with Gasteiger partial charge in [-0.15, -0.1) is 0 Å². The maximum atomic E-state index is 12.3. The van der Waals surface area contributed by atoms with Gasteiger partial charge in [0.15, 0.2) is 0 Å². The summed E-state index contributed by atoms with van der Waals surface area (Å²) in [7, 11) is 0. The molecule has 3 aliphatic rings. The topological polar surface area (TPSA) is 38.8 Å². The highest BCUT2D eigenvalue weighted by Gasteiger charge is 2.23. The largest absolute Gasteiger partial charge is 0.368 e. The molecule has 2 fully saturated rings. The van der Waals surface area contributed by atoms with E-state index in [1.807, 2.05) is 4.90 Å². The fourth-order valence-corrected chi connectivity index (χ4v) is 5.95. The molecule has 2 aromatic rings. The SMILES string of the molecule is CCc1cccc(N2CCN(CC)CC2)c1Cl.O=C(NC1CCCCC1)N1CCc2ccccc2C1. The van der Waals surface area contributed by atoms with Crippen molar-refractivity contribution >= 4 is 23.3 Å². The Balaban J connectivity index is 0.000000170. The van der Waals surface area contributed by atoms with Crippen molar-refractivity contribution in [2.45, 2.75) is 71.4 Å². The highest BCUT2D eigenvalue weighted by molar-refractivity contribution is 6.34. The molecule has 0 spiro atoms. The predicted octanol–water partition coefficient (Wildman–Crippen LogP) is 6.13. The molecule has 1 saturated carbocycles. The number of halogens is 1. The lowest BCUT2D eigenvalue weighted by Gasteiger charge is -2.36. The van der Waals surface area contributed by atoms with Crippen molar-refractivity contribution in [3.8, 4) is 0 Å². The van der Waals surface area contributed by atoms with Crippen LogP contribution in [0, 0.1) is 0 Å². The minimum absolute atomic E-state index is 0.126. The van der Waals surface area contributed by atoms with Crippen LogP contribution in [-0.4, -0.2) is 61.1 Å². The van der Waals surface area contributed by atoms with Crippen molar-refractivity contribution in [1.29, 1.82) is 0 Å². The van der Waals surface area contributed by atoms with Crippen molar-refractivity contribution in [3.63, 3.8) is 0 Å². The average Bonchev–Trinajstić information content (AvgIpc) is 2.94. The van der Waals surface area contributed by atoms with Crippen molar-refractivity contribution < 1.29 is 4.79 Å². The number of hydrogen-bond donors (Lipinski definition) is 1. The van der Waals surface area contributed by atoms with Crippen molar-refractivity contribution in [2.75, 3.05) is 44.2 Å². The zero-order chi connectivity index (χ0) is 25.3. The molecule has 2 amide bonds. The molecule has 0 radical (unpaired) electrons. The van der Waals surface area contributed by atoms with Gasteiger partial charge >= 0.3 is 6.03 Å². The van der Waals surface area contributed by atoms with Crippen LogP contribution in [0.25, 0.3) is 0 Å². The number of rotatable bonds is 4. The van der Waals surface area contributed by atoms with E-state index < -0.39 is 0 Å². The summed E-state index contributed by atoms with van der Waals surface area (Å²) in [6, 6.07) is 15.3. The Morgan fingerprint density at radius 3 is 2.33 bits per heavy atom. The molecular weight excluding hydrogens is 468 g/mol. The van der Waals surface area contributed by atoms with Gasteiger partial charge in [0.2, 0.25) is 0 Å². The lowest BCUT2D eigenvalue weighted by molar-refractivity contribution is 0.184. The molecular formula is C30H43ClN4O. The zero-order valence-electron chi connectivity index (χ0n) is 22.1. The van der Waals surface area contributed by atoms with Gasteiger partial charge in [-0.25, -0.2) is 4.79 Å². The number of amides is 2. The molecule has 0 bridgehead atoms. The standard InChI is InChI=1S/C16H22N2O.C14H21ClN2/c19-16(17-15-8-2-1-3-9-15)18-11-10-13-6-4-5-7-14(13)12-18;1-3-12-6-5-7-13(14(12)15)17-10-8-16(4-2)9-11-17/h4-7,15H,1-3,8-12H2,(H,17,19);5-7H,3-4,8-11H2,1-2H3. The second-order valence-electron chi connectivity index (χ2n) is 10.2. The highest BCUT2D eigenvalue weighted by atomic mass is 35.5. The van der Waals surface area contributed by atoms with E-state index in [1.165, 1.54) is 41.6 Å². The summed E-state index contributed by atoms with van der Waals surface area (Å²) in [4.78, 5) is 19.1. The zero-order valence-corrected chi connectivity index (χ0v) is 22.9. The summed E-state index contributed by atoms with van der Waals surface area (Å²) in [6.07, 6.45) is 8.12. The van der Waals surface area contributed by atoms with Gasteiger partial charge in [-0.05, 0) is 55.0 Å². The Kier molecular flexibility index (Phi) is 9.94. The number of fused-ring (bicyclic) bond motifs is 1. The van der Waals surface area contributed by atoms with Gasteiger partial charge < -0.3 is 20.0 Å². The van der Waals surface area contributed by atoms with Gasteiger partial charge in [-0.1, -0.05) is 81.1 Å². The van der Waals surface area contributed by atoms with E-state index in [2.05, 4.69) is 71.4 Å². The summed E-state index contributed by atoms with van der Waals surface area (Å²) < 4.78 is 0. The van der Waals surface area contributed by atoms with Crippen molar-refractivity contribution in [1.82, 2.24) is 15.1 Å². The number of anilines is 1. The molecule has 196 valence electrons. The lowest BCUT2D eigenvalue weighted by Crippen LogP contribution is -2.47. The molecule has 5 rings (SSSR count). The maximum Gasteiger partial charge on any atom is 0.317 e. The van der Waals surface area contributed by atoms with Crippen LogP contribution in [0.1, 0.15) is 62.6 Å². The molecule has 2 aromatic carbocycles. The van der Waals surface area contributed by atoms with Crippen molar-refractivity contribution in [2.24, 2.45) is 0 Å². The Labute approximate surface area is 222 Å². The van der Waals surface area contributed by atoms with Crippen molar-refractivity contribution in [3.05, 3.63) is 64.2 Å². The van der Waals surface area contributed by atoms with Crippen LogP contribution in [0.3, 0.4) is 0 Å². The predicted molar refractivity (Wildman–Crippen MR) is 151 cm³/mol. The number of hydrogen-bond acceptors (Lipinski definition) is 3. The van der Waals surface area contributed by atoms with E-state index in [4.69, 9.17) is 11.6 Å². The number of urea groups is 1. The third-order valence-corrected chi connectivity index (χ3v) is 8.39. The van der Waals surface area contributed by atoms with Gasteiger partial charge in [-0.3, -0.25) is 0 Å². The number of carbonyl (C=O) groups is 1. The van der Waals surface area contributed by atoms with Crippen LogP contribution in [0.15, 0.2) is 42.5 Å². The van der Waals surface area contributed by atoms with E-state index in [-0.39, 0.29) is 6.03 Å². The minimum Gasteiger partial charge on any atom is -0.368 e. The number of benzene rings is 2. The molecule has 36 heavy (non-hydrogen) atoms. The monoisotopic (exact) mass is 510 g/mol. The van der Waals surface area contributed by atoms with Crippen LogP contribution in [0.2, 0.25) is 5.02 Å². The number of carbonyl (C=O) groups excluding carboxylic acids is 1. The molecule has 2 heterocycles. The molecule has 1 N–H and O–H groups in total. The lowest BCUT2D eigenvalue weighted by atomic mass is 9.95.